The summed E-state index contributed by atoms with van der Waals surface area (Å²) in [5.74, 6) is -0.284. The fourth-order valence-electron chi connectivity index (χ4n) is 1.54. The van der Waals surface area contributed by atoms with Crippen molar-refractivity contribution < 1.29 is 9.90 Å². The van der Waals surface area contributed by atoms with E-state index in [2.05, 4.69) is 25.8 Å². The van der Waals surface area contributed by atoms with E-state index in [0.717, 1.165) is 19.5 Å². The van der Waals surface area contributed by atoms with Crippen LogP contribution in [0.4, 0.5) is 0 Å². The van der Waals surface area contributed by atoms with E-state index in [-0.39, 0.29) is 0 Å². The monoisotopic (exact) mass is 216 g/mol. The van der Waals surface area contributed by atoms with Crippen molar-refractivity contribution >= 4 is 5.97 Å². The van der Waals surface area contributed by atoms with E-state index in [4.69, 9.17) is 10.8 Å². The highest BCUT2D eigenvalue weighted by molar-refractivity contribution is 5.77. The van der Waals surface area contributed by atoms with E-state index < -0.39 is 11.5 Å². The highest BCUT2D eigenvalue weighted by atomic mass is 16.4. The normalized spacial score (nSPS) is 15.7. The van der Waals surface area contributed by atoms with Crippen LogP contribution < -0.4 is 5.73 Å². The van der Waals surface area contributed by atoms with E-state index in [1.165, 1.54) is 0 Å². The van der Waals surface area contributed by atoms with Crippen molar-refractivity contribution in [3.05, 3.63) is 0 Å². The summed E-state index contributed by atoms with van der Waals surface area (Å²) in [6.07, 6.45) is 1.34. The lowest BCUT2D eigenvalue weighted by Crippen LogP contribution is -2.45. The quantitative estimate of drug-likeness (QED) is 0.670. The predicted octanol–water partition coefficient (Wildman–Crippen LogP) is 1.16. The number of nitrogens with zero attached hydrogens (tertiary/aromatic N) is 1. The van der Waals surface area contributed by atoms with Crippen LogP contribution in [0.25, 0.3) is 0 Å². The number of nitrogens with two attached hydrogens (primary N) is 1. The molecule has 0 bridgehead atoms. The van der Waals surface area contributed by atoms with Crippen molar-refractivity contribution in [1.82, 2.24) is 4.90 Å². The maximum atomic E-state index is 10.7. The number of carboxylic acids is 1. The first-order chi connectivity index (χ1) is 6.75. The molecule has 1 unspecified atom stereocenters. The number of hydrogen-bond donors (Lipinski definition) is 2. The van der Waals surface area contributed by atoms with E-state index in [0.29, 0.717) is 12.3 Å². The molecule has 0 spiro atoms. The maximum absolute atomic E-state index is 10.7. The van der Waals surface area contributed by atoms with Gasteiger partial charge in [0.15, 0.2) is 0 Å². The molecule has 0 radical (unpaired) electrons. The van der Waals surface area contributed by atoms with Crippen LogP contribution in [-0.4, -0.2) is 41.7 Å². The van der Waals surface area contributed by atoms with Gasteiger partial charge in [0, 0.05) is 6.54 Å². The van der Waals surface area contributed by atoms with Gasteiger partial charge in [-0.05, 0) is 39.3 Å². The van der Waals surface area contributed by atoms with Crippen molar-refractivity contribution in [3.8, 4) is 0 Å². The second kappa shape index (κ2) is 6.08. The zero-order valence-electron chi connectivity index (χ0n) is 10.3. The van der Waals surface area contributed by atoms with Crippen LogP contribution in [0.2, 0.25) is 0 Å². The Morgan fingerprint density at radius 2 is 2.07 bits per heavy atom. The molecule has 0 aliphatic heterocycles. The molecular weight excluding hydrogens is 192 g/mol. The standard InChI is InChI=1S/C11H24N2O2/c1-9(2)8-13(4)7-5-6-11(3,12)10(14)15/h9H,5-8,12H2,1-4H3,(H,14,15). The van der Waals surface area contributed by atoms with Crippen molar-refractivity contribution in [1.29, 1.82) is 0 Å². The molecule has 4 heteroatoms. The molecule has 0 aliphatic carbocycles. The first kappa shape index (κ1) is 14.4. The highest BCUT2D eigenvalue weighted by Crippen LogP contribution is 2.09. The van der Waals surface area contributed by atoms with Gasteiger partial charge in [-0.1, -0.05) is 13.8 Å². The molecule has 0 aliphatic rings. The van der Waals surface area contributed by atoms with Gasteiger partial charge in [-0.25, -0.2) is 0 Å². The van der Waals surface area contributed by atoms with Crippen molar-refractivity contribution in [2.24, 2.45) is 11.7 Å². The van der Waals surface area contributed by atoms with Gasteiger partial charge in [0.25, 0.3) is 0 Å². The van der Waals surface area contributed by atoms with E-state index in [1.807, 2.05) is 0 Å². The molecule has 0 saturated heterocycles. The van der Waals surface area contributed by atoms with Gasteiger partial charge in [-0.15, -0.1) is 0 Å². The molecule has 0 heterocycles. The highest BCUT2D eigenvalue weighted by Gasteiger charge is 2.26. The lowest BCUT2D eigenvalue weighted by molar-refractivity contribution is -0.142. The summed E-state index contributed by atoms with van der Waals surface area (Å²) in [5, 5.41) is 8.81. The Hall–Kier alpha value is -0.610. The fraction of sp³-hybridized carbons (Fsp3) is 0.909. The summed E-state index contributed by atoms with van der Waals surface area (Å²) in [7, 11) is 2.05. The Balaban J connectivity index is 3.74. The van der Waals surface area contributed by atoms with Gasteiger partial charge < -0.3 is 15.7 Å². The molecule has 0 rings (SSSR count). The zero-order chi connectivity index (χ0) is 12.1. The molecule has 0 amide bonds. The van der Waals surface area contributed by atoms with Crippen LogP contribution >= 0.6 is 0 Å². The van der Waals surface area contributed by atoms with Crippen molar-refractivity contribution in [2.45, 2.75) is 39.2 Å². The molecule has 0 aromatic heterocycles. The maximum Gasteiger partial charge on any atom is 0.323 e. The third kappa shape index (κ3) is 6.47. The van der Waals surface area contributed by atoms with E-state index in [1.54, 1.807) is 6.92 Å². The lowest BCUT2D eigenvalue weighted by atomic mass is 9.97. The molecule has 15 heavy (non-hydrogen) atoms. The van der Waals surface area contributed by atoms with Crippen LogP contribution in [0.3, 0.4) is 0 Å². The fourth-order valence-corrected chi connectivity index (χ4v) is 1.54. The van der Waals surface area contributed by atoms with Crippen LogP contribution in [0.5, 0.6) is 0 Å². The second-order valence-corrected chi connectivity index (χ2v) is 4.98. The van der Waals surface area contributed by atoms with E-state index in [9.17, 15) is 4.79 Å². The van der Waals surface area contributed by atoms with Gasteiger partial charge in [0.2, 0.25) is 0 Å². The molecule has 0 aromatic carbocycles. The Bertz CT molecular complexity index is 203. The number of carbonyl (C=O) groups is 1. The SMILES string of the molecule is CC(C)CN(C)CCCC(C)(N)C(=O)O. The minimum Gasteiger partial charge on any atom is -0.480 e. The summed E-state index contributed by atoms with van der Waals surface area (Å²) >= 11 is 0. The average Bonchev–Trinajstić information content (AvgIpc) is 2.01. The largest absolute Gasteiger partial charge is 0.480 e. The van der Waals surface area contributed by atoms with Gasteiger partial charge in [-0.2, -0.15) is 0 Å². The van der Waals surface area contributed by atoms with Gasteiger partial charge in [0.05, 0.1) is 0 Å². The number of carboxylic acid groups (broad SMARTS) is 1. The van der Waals surface area contributed by atoms with Gasteiger partial charge >= 0.3 is 5.97 Å². The number of aliphatic carboxylic acids is 1. The summed E-state index contributed by atoms with van der Waals surface area (Å²) < 4.78 is 0. The lowest BCUT2D eigenvalue weighted by Gasteiger charge is -2.22. The Morgan fingerprint density at radius 3 is 2.47 bits per heavy atom. The van der Waals surface area contributed by atoms with Crippen molar-refractivity contribution in [2.75, 3.05) is 20.1 Å². The topological polar surface area (TPSA) is 66.6 Å². The summed E-state index contributed by atoms with van der Waals surface area (Å²) in [4.78, 5) is 12.9. The summed E-state index contributed by atoms with van der Waals surface area (Å²) in [6.45, 7) is 7.84. The first-order valence-electron chi connectivity index (χ1n) is 5.46. The predicted molar refractivity (Wildman–Crippen MR) is 61.8 cm³/mol. The molecule has 3 N–H and O–H groups in total. The Morgan fingerprint density at radius 1 is 1.53 bits per heavy atom. The minimum absolute atomic E-state index is 0.519. The minimum atomic E-state index is -1.08. The average molecular weight is 216 g/mol. The van der Waals surface area contributed by atoms with Gasteiger partial charge in [-0.3, -0.25) is 4.79 Å². The summed E-state index contributed by atoms with van der Waals surface area (Å²) in [5.41, 5.74) is 4.54. The van der Waals surface area contributed by atoms with E-state index >= 15 is 0 Å². The second-order valence-electron chi connectivity index (χ2n) is 4.98. The molecule has 0 saturated carbocycles. The van der Waals surface area contributed by atoms with Crippen LogP contribution in [0, 0.1) is 5.92 Å². The number of hydrogen-bond acceptors (Lipinski definition) is 3. The van der Waals surface area contributed by atoms with Crippen LogP contribution in [0.15, 0.2) is 0 Å². The molecule has 4 nitrogen and oxygen atoms in total. The third-order valence-electron chi connectivity index (χ3n) is 2.40. The third-order valence-corrected chi connectivity index (χ3v) is 2.40. The summed E-state index contributed by atoms with van der Waals surface area (Å²) in [6, 6.07) is 0. The Labute approximate surface area is 92.4 Å². The van der Waals surface area contributed by atoms with Crippen LogP contribution in [0.1, 0.15) is 33.6 Å². The number of rotatable bonds is 7. The van der Waals surface area contributed by atoms with Crippen LogP contribution in [-0.2, 0) is 4.79 Å². The Kier molecular flexibility index (Phi) is 5.83. The van der Waals surface area contributed by atoms with Crippen molar-refractivity contribution in [3.63, 3.8) is 0 Å². The smallest absolute Gasteiger partial charge is 0.323 e. The first-order valence-corrected chi connectivity index (χ1v) is 5.46. The molecular formula is C11H24N2O2. The molecule has 1 atom stereocenters. The van der Waals surface area contributed by atoms with Gasteiger partial charge in [0.1, 0.15) is 5.54 Å². The molecule has 90 valence electrons. The molecule has 0 fully saturated rings. The molecule has 0 aromatic rings. The zero-order valence-corrected chi connectivity index (χ0v) is 10.3.